The van der Waals surface area contributed by atoms with Crippen molar-refractivity contribution in [3.63, 3.8) is 0 Å². The Balaban J connectivity index is 1.83. The van der Waals surface area contributed by atoms with Crippen LogP contribution in [0.2, 0.25) is 0 Å². The van der Waals surface area contributed by atoms with Gasteiger partial charge in [-0.15, -0.1) is 0 Å². The monoisotopic (exact) mass is 254 g/mol. The second-order valence-electron chi connectivity index (χ2n) is 4.38. The molecule has 6 heteroatoms. The van der Waals surface area contributed by atoms with Crippen molar-refractivity contribution in [3.8, 4) is 0 Å². The Kier molecular flexibility index (Phi) is 4.04. The third-order valence-electron chi connectivity index (χ3n) is 2.53. The molecule has 1 saturated heterocycles. The summed E-state index contributed by atoms with van der Waals surface area (Å²) in [5, 5.41) is 8.91. The van der Waals surface area contributed by atoms with E-state index in [9.17, 15) is 0 Å². The first kappa shape index (κ1) is 12.4. The summed E-state index contributed by atoms with van der Waals surface area (Å²) in [5.74, 6) is 1.34. The standard InChI is InChI=1S/C11H18N4OS/c1-7-6-8(2)17-11(13-7)12-5-4-10-14-9(3)16-15-10/h7-8H,4-6H2,1-3H3,(H,12,13). The molecule has 2 atom stereocenters. The Labute approximate surface area is 105 Å². The van der Waals surface area contributed by atoms with E-state index < -0.39 is 0 Å². The van der Waals surface area contributed by atoms with Gasteiger partial charge in [0.15, 0.2) is 11.0 Å². The molecule has 1 aromatic rings. The Bertz CT molecular complexity index is 392. The minimum atomic E-state index is 0.511. The largest absolute Gasteiger partial charge is 0.362 e. The van der Waals surface area contributed by atoms with Gasteiger partial charge in [-0.05, 0) is 13.3 Å². The van der Waals surface area contributed by atoms with E-state index in [2.05, 4.69) is 34.3 Å². The first-order valence-corrected chi connectivity index (χ1v) is 6.78. The van der Waals surface area contributed by atoms with E-state index in [-0.39, 0.29) is 0 Å². The second kappa shape index (κ2) is 5.53. The van der Waals surface area contributed by atoms with Crippen LogP contribution in [0.5, 0.6) is 0 Å². The summed E-state index contributed by atoms with van der Waals surface area (Å²) >= 11 is 1.81. The minimum absolute atomic E-state index is 0.511. The normalized spacial score (nSPS) is 27.1. The van der Waals surface area contributed by atoms with Crippen molar-refractivity contribution < 1.29 is 4.52 Å². The van der Waals surface area contributed by atoms with Gasteiger partial charge in [-0.2, -0.15) is 4.98 Å². The van der Waals surface area contributed by atoms with E-state index in [1.54, 1.807) is 18.7 Å². The summed E-state index contributed by atoms with van der Waals surface area (Å²) in [6, 6.07) is 0.511. The molecule has 0 bridgehead atoms. The van der Waals surface area contributed by atoms with Crippen LogP contribution in [-0.4, -0.2) is 33.1 Å². The van der Waals surface area contributed by atoms with Crippen LogP contribution in [0.4, 0.5) is 0 Å². The summed E-state index contributed by atoms with van der Waals surface area (Å²) in [6.45, 7) is 6.92. The van der Waals surface area contributed by atoms with Crippen LogP contribution in [0.3, 0.4) is 0 Å². The Hall–Kier alpha value is -1.04. The molecule has 0 spiro atoms. The van der Waals surface area contributed by atoms with Crippen LogP contribution in [0.15, 0.2) is 9.52 Å². The van der Waals surface area contributed by atoms with Crippen LogP contribution >= 0.6 is 11.8 Å². The third kappa shape index (κ3) is 3.73. The highest BCUT2D eigenvalue weighted by Crippen LogP contribution is 2.22. The van der Waals surface area contributed by atoms with Crippen molar-refractivity contribution in [1.82, 2.24) is 15.5 Å². The molecular weight excluding hydrogens is 236 g/mol. The number of nitrogens with zero attached hydrogens (tertiary/aromatic N) is 3. The molecule has 1 aliphatic rings. The number of amidine groups is 1. The number of nitrogens with one attached hydrogen (secondary N) is 1. The zero-order valence-electron chi connectivity index (χ0n) is 10.4. The van der Waals surface area contributed by atoms with Crippen LogP contribution in [0, 0.1) is 6.92 Å². The molecule has 5 nitrogen and oxygen atoms in total. The van der Waals surface area contributed by atoms with Crippen LogP contribution in [-0.2, 0) is 6.42 Å². The number of hydrogen-bond acceptors (Lipinski definition) is 5. The van der Waals surface area contributed by atoms with Gasteiger partial charge in [0.25, 0.3) is 0 Å². The lowest BCUT2D eigenvalue weighted by molar-refractivity contribution is 0.387. The van der Waals surface area contributed by atoms with Gasteiger partial charge in [-0.3, -0.25) is 4.99 Å². The molecule has 0 radical (unpaired) electrons. The van der Waals surface area contributed by atoms with E-state index >= 15 is 0 Å². The highest BCUT2D eigenvalue weighted by atomic mass is 32.2. The topological polar surface area (TPSA) is 63.3 Å². The maximum absolute atomic E-state index is 4.91. The Morgan fingerprint density at radius 1 is 1.53 bits per heavy atom. The van der Waals surface area contributed by atoms with E-state index in [4.69, 9.17) is 4.52 Å². The molecule has 0 saturated carbocycles. The molecule has 1 N–H and O–H groups in total. The number of hydrogen-bond donors (Lipinski definition) is 1. The number of rotatable bonds is 3. The lowest BCUT2D eigenvalue weighted by Crippen LogP contribution is -2.38. The van der Waals surface area contributed by atoms with Crippen LogP contribution < -0.4 is 5.32 Å². The maximum Gasteiger partial charge on any atom is 0.223 e. The summed E-state index contributed by atoms with van der Waals surface area (Å²) < 4.78 is 4.91. The Morgan fingerprint density at radius 2 is 2.35 bits per heavy atom. The summed E-state index contributed by atoms with van der Waals surface area (Å²) in [4.78, 5) is 8.68. The molecule has 94 valence electrons. The van der Waals surface area contributed by atoms with Gasteiger partial charge in [0.2, 0.25) is 5.89 Å². The smallest absolute Gasteiger partial charge is 0.223 e. The molecule has 2 rings (SSSR count). The molecule has 0 aromatic carbocycles. The average Bonchev–Trinajstić information content (AvgIpc) is 2.63. The predicted octanol–water partition coefficient (Wildman–Crippen LogP) is 1.78. The van der Waals surface area contributed by atoms with Crippen molar-refractivity contribution in [2.45, 2.75) is 44.9 Å². The van der Waals surface area contributed by atoms with Crippen LogP contribution in [0.1, 0.15) is 32.0 Å². The van der Waals surface area contributed by atoms with Gasteiger partial charge in [0, 0.05) is 31.2 Å². The number of thioether (sulfide) groups is 1. The third-order valence-corrected chi connectivity index (χ3v) is 3.59. The summed E-state index contributed by atoms with van der Waals surface area (Å²) in [6.07, 6.45) is 1.92. The molecular formula is C11H18N4OS. The molecule has 1 fully saturated rings. The first-order valence-electron chi connectivity index (χ1n) is 5.90. The Morgan fingerprint density at radius 3 is 3.00 bits per heavy atom. The van der Waals surface area contributed by atoms with Crippen molar-refractivity contribution >= 4 is 16.9 Å². The fourth-order valence-electron chi connectivity index (χ4n) is 1.82. The second-order valence-corrected chi connectivity index (χ2v) is 5.80. The maximum atomic E-state index is 4.91. The molecule has 17 heavy (non-hydrogen) atoms. The lowest BCUT2D eigenvalue weighted by atomic mass is 10.2. The SMILES string of the molecule is Cc1nc(CCN=C2NC(C)CC(C)S2)no1. The number of aliphatic imine (C=N–C) groups is 1. The van der Waals surface area contributed by atoms with E-state index in [1.165, 1.54) is 6.42 Å². The van der Waals surface area contributed by atoms with Crippen LogP contribution in [0.25, 0.3) is 0 Å². The van der Waals surface area contributed by atoms with Crippen molar-refractivity contribution in [1.29, 1.82) is 0 Å². The molecule has 0 aliphatic carbocycles. The summed E-state index contributed by atoms with van der Waals surface area (Å²) in [5.41, 5.74) is 0. The van der Waals surface area contributed by atoms with E-state index in [0.717, 1.165) is 17.4 Å². The van der Waals surface area contributed by atoms with Gasteiger partial charge >= 0.3 is 0 Å². The predicted molar refractivity (Wildman–Crippen MR) is 69.3 cm³/mol. The van der Waals surface area contributed by atoms with Gasteiger partial charge in [-0.25, -0.2) is 0 Å². The highest BCUT2D eigenvalue weighted by molar-refractivity contribution is 8.14. The van der Waals surface area contributed by atoms with Gasteiger partial charge in [0.1, 0.15) is 0 Å². The number of aryl methyl sites for hydroxylation is 1. The molecule has 0 amide bonds. The van der Waals surface area contributed by atoms with Crippen molar-refractivity contribution in [2.24, 2.45) is 4.99 Å². The van der Waals surface area contributed by atoms with Gasteiger partial charge in [-0.1, -0.05) is 23.8 Å². The first-order chi connectivity index (χ1) is 8.13. The minimum Gasteiger partial charge on any atom is -0.362 e. The van der Waals surface area contributed by atoms with Crippen molar-refractivity contribution in [3.05, 3.63) is 11.7 Å². The lowest BCUT2D eigenvalue weighted by Gasteiger charge is -2.26. The average molecular weight is 254 g/mol. The fraction of sp³-hybridized carbons (Fsp3) is 0.727. The zero-order chi connectivity index (χ0) is 12.3. The zero-order valence-corrected chi connectivity index (χ0v) is 11.3. The quantitative estimate of drug-likeness (QED) is 0.890. The molecule has 1 aromatic heterocycles. The summed E-state index contributed by atoms with van der Waals surface area (Å²) in [7, 11) is 0. The number of aromatic nitrogens is 2. The van der Waals surface area contributed by atoms with Gasteiger partial charge in [0.05, 0.1) is 0 Å². The van der Waals surface area contributed by atoms with Crippen molar-refractivity contribution in [2.75, 3.05) is 6.54 Å². The molecule has 2 heterocycles. The fourth-order valence-corrected chi connectivity index (χ4v) is 3.02. The molecule has 2 unspecified atom stereocenters. The van der Waals surface area contributed by atoms with E-state index in [1.807, 2.05) is 0 Å². The van der Waals surface area contributed by atoms with Gasteiger partial charge < -0.3 is 9.84 Å². The highest BCUT2D eigenvalue weighted by Gasteiger charge is 2.19. The molecule has 1 aliphatic heterocycles. The van der Waals surface area contributed by atoms with E-state index in [0.29, 0.717) is 23.7 Å².